The van der Waals surface area contributed by atoms with Crippen LogP contribution in [0, 0.1) is 6.92 Å². The fourth-order valence-corrected chi connectivity index (χ4v) is 6.03. The fourth-order valence-electron chi connectivity index (χ4n) is 6.03. The van der Waals surface area contributed by atoms with Gasteiger partial charge in [0, 0.05) is 24.1 Å². The van der Waals surface area contributed by atoms with Gasteiger partial charge in [-0.05, 0) is 61.9 Å². The third kappa shape index (κ3) is 3.67. The van der Waals surface area contributed by atoms with Gasteiger partial charge in [-0.1, -0.05) is 30.3 Å². The summed E-state index contributed by atoms with van der Waals surface area (Å²) in [7, 11) is 1.39. The number of hydrogen-bond donors (Lipinski definition) is 0. The average Bonchev–Trinajstić information content (AvgIpc) is 3.34. The molecule has 0 unspecified atom stereocenters. The number of nitrogens with zero attached hydrogens (tertiary/aromatic N) is 3. The molecule has 7 nitrogen and oxygen atoms in total. The summed E-state index contributed by atoms with van der Waals surface area (Å²) in [6.07, 6.45) is 0. The van der Waals surface area contributed by atoms with E-state index in [1.54, 1.807) is 6.07 Å². The standard InChI is InChI=1S/C33H24N3O4.BrH/c1-4-35-28-14-18(2)10-12-22(28)21-13-11-20(15-23(21)29(35)19-8-6-5-7-9-19)36-32(39)26-16-24-25(17-27(26)33(36)40)31(38)34(3)30(24)37;/h5-17H,4H2,1-3H3;1H/q+1;/p-1. The Bertz CT molecular complexity index is 2340. The number of halogens is 1. The van der Waals surface area contributed by atoms with Crippen LogP contribution in [0.4, 0.5) is 0 Å². The predicted molar refractivity (Wildman–Crippen MR) is 158 cm³/mol. The monoisotopic (exact) mass is 605 g/mol. The second-order valence-corrected chi connectivity index (χ2v) is 10.3. The number of benzene rings is 4. The quantitative estimate of drug-likeness (QED) is 0.223. The summed E-state index contributed by atoms with van der Waals surface area (Å²) in [6, 6.07) is 24.9. The van der Waals surface area contributed by atoms with Crippen molar-refractivity contribution >= 4 is 43.2 Å². The first-order valence-corrected chi connectivity index (χ1v) is 13.1. The number of aromatic nitrogens is 3. The Labute approximate surface area is 243 Å². The highest BCUT2D eigenvalue weighted by Gasteiger charge is 2.24. The molecule has 41 heavy (non-hydrogen) atoms. The highest BCUT2D eigenvalue weighted by molar-refractivity contribution is 6.09. The van der Waals surface area contributed by atoms with Crippen molar-refractivity contribution in [3.8, 4) is 16.9 Å². The van der Waals surface area contributed by atoms with E-state index in [0.717, 1.165) is 54.2 Å². The molecule has 3 heterocycles. The second-order valence-electron chi connectivity index (χ2n) is 10.3. The molecule has 0 aliphatic heterocycles. The maximum atomic E-state index is 13.6. The molecule has 4 aromatic carbocycles. The molecule has 0 atom stereocenters. The molecule has 0 saturated carbocycles. The van der Waals surface area contributed by atoms with Gasteiger partial charge in [0.2, 0.25) is 11.2 Å². The molecule has 0 N–H and O–H groups in total. The van der Waals surface area contributed by atoms with Gasteiger partial charge in [-0.2, -0.15) is 4.57 Å². The van der Waals surface area contributed by atoms with Gasteiger partial charge in [0.1, 0.15) is 6.54 Å². The molecule has 7 rings (SSSR count). The largest absolute Gasteiger partial charge is 1.00 e. The number of rotatable bonds is 3. The number of hydrogen-bond acceptors (Lipinski definition) is 4. The molecule has 8 heteroatoms. The normalized spacial score (nSPS) is 11.6. The highest BCUT2D eigenvalue weighted by Crippen LogP contribution is 2.33. The van der Waals surface area contributed by atoms with E-state index >= 15 is 0 Å². The lowest BCUT2D eigenvalue weighted by Gasteiger charge is -2.13. The maximum absolute atomic E-state index is 13.6. The lowest BCUT2D eigenvalue weighted by atomic mass is 9.97. The van der Waals surface area contributed by atoms with E-state index < -0.39 is 22.2 Å². The summed E-state index contributed by atoms with van der Waals surface area (Å²) in [6.45, 7) is 4.90. The molecule has 0 spiro atoms. The van der Waals surface area contributed by atoms with E-state index in [1.807, 2.05) is 30.3 Å². The molecule has 7 aromatic rings. The van der Waals surface area contributed by atoms with Crippen molar-refractivity contribution in [1.29, 1.82) is 0 Å². The van der Waals surface area contributed by atoms with Crippen molar-refractivity contribution in [3.63, 3.8) is 0 Å². The zero-order chi connectivity index (χ0) is 27.9. The first-order chi connectivity index (χ1) is 19.3. The molecular weight excluding hydrogens is 582 g/mol. The van der Waals surface area contributed by atoms with Crippen LogP contribution in [0.25, 0.3) is 60.2 Å². The summed E-state index contributed by atoms with van der Waals surface area (Å²) in [5.41, 5.74) is 2.72. The van der Waals surface area contributed by atoms with Crippen LogP contribution >= 0.6 is 0 Å². The van der Waals surface area contributed by atoms with Crippen LogP contribution in [0.15, 0.2) is 98.0 Å². The Hall–Kier alpha value is -4.69. The first-order valence-electron chi connectivity index (χ1n) is 13.1. The SMILES string of the molecule is CC[n+]1c(-c2ccccc2)c2cc(-n3c(=O)c4cc5c(=O)n(C)c(=O)c5cc4c3=O)ccc2c2ccc(C)cc21.[Br-]. The van der Waals surface area contributed by atoms with Gasteiger partial charge >= 0.3 is 0 Å². The predicted octanol–water partition coefficient (Wildman–Crippen LogP) is 1.03. The van der Waals surface area contributed by atoms with E-state index in [1.165, 1.54) is 19.2 Å². The van der Waals surface area contributed by atoms with Gasteiger partial charge in [-0.3, -0.25) is 23.7 Å². The van der Waals surface area contributed by atoms with Crippen molar-refractivity contribution in [3.05, 3.63) is 126 Å². The maximum Gasteiger partial charge on any atom is 0.266 e. The van der Waals surface area contributed by atoms with E-state index in [2.05, 4.69) is 48.7 Å². The van der Waals surface area contributed by atoms with Gasteiger partial charge in [0.25, 0.3) is 22.2 Å². The van der Waals surface area contributed by atoms with E-state index in [-0.39, 0.29) is 38.5 Å². The van der Waals surface area contributed by atoms with Gasteiger partial charge in [0.05, 0.1) is 38.0 Å². The van der Waals surface area contributed by atoms with Crippen LogP contribution in [-0.2, 0) is 13.6 Å². The third-order valence-electron chi connectivity index (χ3n) is 7.98. The first kappa shape index (κ1) is 26.5. The smallest absolute Gasteiger partial charge is 0.266 e. The number of pyridine rings is 1. The minimum Gasteiger partial charge on any atom is -1.00 e. The Morgan fingerprint density at radius 2 is 1.22 bits per heavy atom. The van der Waals surface area contributed by atoms with Crippen molar-refractivity contribution < 1.29 is 21.5 Å². The Kier molecular flexibility index (Phi) is 6.12. The lowest BCUT2D eigenvalue weighted by molar-refractivity contribution is -0.655. The zero-order valence-electron chi connectivity index (χ0n) is 22.6. The van der Waals surface area contributed by atoms with E-state index in [0.29, 0.717) is 5.69 Å². The molecule has 0 aliphatic rings. The summed E-state index contributed by atoms with van der Waals surface area (Å²) in [5.74, 6) is 0. The molecule has 0 bridgehead atoms. The molecule has 0 fully saturated rings. The average molecular weight is 606 g/mol. The number of aryl methyl sites for hydroxylation is 2. The zero-order valence-corrected chi connectivity index (χ0v) is 24.2. The molecular formula is C33H24BrN3O4. The summed E-state index contributed by atoms with van der Waals surface area (Å²) in [5, 5.41) is 3.54. The van der Waals surface area contributed by atoms with Crippen LogP contribution in [-0.4, -0.2) is 9.13 Å². The Morgan fingerprint density at radius 1 is 0.634 bits per heavy atom. The van der Waals surface area contributed by atoms with Gasteiger partial charge in [-0.15, -0.1) is 0 Å². The van der Waals surface area contributed by atoms with Crippen LogP contribution in [0.3, 0.4) is 0 Å². The van der Waals surface area contributed by atoms with Crippen molar-refractivity contribution in [1.82, 2.24) is 9.13 Å². The molecule has 202 valence electrons. The molecule has 0 amide bonds. The summed E-state index contributed by atoms with van der Waals surface area (Å²) < 4.78 is 4.41. The van der Waals surface area contributed by atoms with Crippen molar-refractivity contribution in [2.24, 2.45) is 7.05 Å². The molecule has 0 radical (unpaired) electrons. The minimum atomic E-state index is -0.516. The van der Waals surface area contributed by atoms with Gasteiger partial charge < -0.3 is 17.0 Å². The summed E-state index contributed by atoms with van der Waals surface area (Å²) in [4.78, 5) is 52.4. The topological polar surface area (TPSA) is 82.0 Å². The van der Waals surface area contributed by atoms with Crippen molar-refractivity contribution in [2.45, 2.75) is 20.4 Å². The minimum absolute atomic E-state index is 0. The number of fused-ring (bicyclic) bond motifs is 5. The van der Waals surface area contributed by atoms with E-state index in [4.69, 9.17) is 0 Å². The molecule has 0 aliphatic carbocycles. The second kappa shape index (κ2) is 9.45. The Morgan fingerprint density at radius 3 is 1.83 bits per heavy atom. The van der Waals surface area contributed by atoms with Gasteiger partial charge in [-0.25, -0.2) is 4.57 Å². The fraction of sp³-hybridized carbons (Fsp3) is 0.121. The van der Waals surface area contributed by atoms with E-state index in [9.17, 15) is 19.2 Å². The van der Waals surface area contributed by atoms with Crippen molar-refractivity contribution in [2.75, 3.05) is 0 Å². The van der Waals surface area contributed by atoms with Crippen LogP contribution < -0.4 is 43.8 Å². The highest BCUT2D eigenvalue weighted by atomic mass is 79.9. The van der Waals surface area contributed by atoms with Crippen LogP contribution in [0.2, 0.25) is 0 Å². The third-order valence-corrected chi connectivity index (χ3v) is 7.98. The lowest BCUT2D eigenvalue weighted by Crippen LogP contribution is -3.00. The summed E-state index contributed by atoms with van der Waals surface area (Å²) >= 11 is 0. The Balaban J connectivity index is 0.00000302. The molecule has 0 saturated heterocycles. The van der Waals surface area contributed by atoms with Gasteiger partial charge in [0.15, 0.2) is 0 Å². The van der Waals surface area contributed by atoms with Crippen LogP contribution in [0.5, 0.6) is 0 Å². The van der Waals surface area contributed by atoms with Crippen LogP contribution in [0.1, 0.15) is 12.5 Å². The molecule has 3 aromatic heterocycles.